The lowest BCUT2D eigenvalue weighted by molar-refractivity contribution is 0.0158. The van der Waals surface area contributed by atoms with Crippen molar-refractivity contribution < 1.29 is 9.84 Å². The van der Waals surface area contributed by atoms with E-state index in [9.17, 15) is 0 Å². The second kappa shape index (κ2) is 11.6. The molecular formula is C24H27BrClN5O2. The quantitative estimate of drug-likeness (QED) is 0.404. The van der Waals surface area contributed by atoms with Crippen molar-refractivity contribution in [2.24, 2.45) is 0 Å². The molecule has 174 valence electrons. The Morgan fingerprint density at radius 1 is 1.18 bits per heavy atom. The molecule has 1 aromatic heterocycles. The molecule has 1 aliphatic rings. The van der Waals surface area contributed by atoms with Crippen LogP contribution in [0.2, 0.25) is 0 Å². The molecule has 0 aliphatic carbocycles. The maximum atomic E-state index is 8.97. The monoisotopic (exact) mass is 531 g/mol. The fourth-order valence-corrected chi connectivity index (χ4v) is 4.37. The van der Waals surface area contributed by atoms with Crippen molar-refractivity contribution >= 4 is 56.4 Å². The lowest BCUT2D eigenvalue weighted by atomic mass is 10.1. The first-order valence-corrected chi connectivity index (χ1v) is 11.5. The van der Waals surface area contributed by atoms with Gasteiger partial charge in [-0.1, -0.05) is 40.2 Å². The fraction of sp³-hybridized carbons (Fsp3) is 0.375. The number of hydrogen-bond acceptors (Lipinski definition) is 6. The summed E-state index contributed by atoms with van der Waals surface area (Å²) in [4.78, 5) is 5.83. The molecule has 0 radical (unpaired) electrons. The summed E-state index contributed by atoms with van der Waals surface area (Å²) in [6, 6.07) is 11.9. The number of aryl methyl sites for hydroxylation is 1. The standard InChI is InChI=1S/C24H26BrN5O2.ClH/c1-16-3-4-17(13-22(16)25)15-27-23-21-14-18(26-2)5-6-20(21)24(29-28-23)30-9-7-19(8-10-30)32-12-11-31;/h3-6,13-14,19,31H,7-12,15H2,1H3,(H,27,28);1H. The molecular weight excluding hydrogens is 506 g/mol. The SMILES string of the molecule is Cl.[C-]#[N+]c1ccc2c(N3CCC(OCCO)CC3)nnc(NCc3ccc(C)c(Br)c3)c2c1. The van der Waals surface area contributed by atoms with Crippen LogP contribution < -0.4 is 10.2 Å². The number of halogens is 2. The number of piperidine rings is 1. The van der Waals surface area contributed by atoms with E-state index in [1.54, 1.807) is 0 Å². The Bertz CT molecular complexity index is 1150. The van der Waals surface area contributed by atoms with Crippen LogP contribution in [0.4, 0.5) is 17.3 Å². The maximum Gasteiger partial charge on any atom is 0.188 e. The van der Waals surface area contributed by atoms with E-state index in [2.05, 4.69) is 66.3 Å². The molecule has 0 bridgehead atoms. The van der Waals surface area contributed by atoms with E-state index in [4.69, 9.17) is 16.4 Å². The van der Waals surface area contributed by atoms with E-state index >= 15 is 0 Å². The van der Waals surface area contributed by atoms with Crippen LogP contribution in [0.1, 0.15) is 24.0 Å². The number of aliphatic hydroxyl groups is 1. The lowest BCUT2D eigenvalue weighted by Gasteiger charge is -2.33. The molecule has 0 saturated carbocycles. The molecule has 0 unspecified atom stereocenters. The minimum absolute atomic E-state index is 0. The van der Waals surface area contributed by atoms with Gasteiger partial charge in [0.1, 0.15) is 0 Å². The van der Waals surface area contributed by atoms with Gasteiger partial charge in [0, 0.05) is 34.9 Å². The molecule has 7 nitrogen and oxygen atoms in total. The second-order valence-electron chi connectivity index (χ2n) is 7.93. The summed E-state index contributed by atoms with van der Waals surface area (Å²) in [5, 5.41) is 23.3. The molecule has 0 amide bonds. The summed E-state index contributed by atoms with van der Waals surface area (Å²) in [5.41, 5.74) is 2.90. The van der Waals surface area contributed by atoms with Gasteiger partial charge >= 0.3 is 0 Å². The fourth-order valence-electron chi connectivity index (χ4n) is 3.95. The number of hydrogen-bond donors (Lipinski definition) is 2. The number of nitrogens with one attached hydrogen (secondary N) is 1. The van der Waals surface area contributed by atoms with Gasteiger partial charge in [-0.05, 0) is 43.0 Å². The normalized spacial score (nSPS) is 14.1. The van der Waals surface area contributed by atoms with Crippen LogP contribution >= 0.6 is 28.3 Å². The highest BCUT2D eigenvalue weighted by Crippen LogP contribution is 2.33. The Labute approximate surface area is 208 Å². The Kier molecular flexibility index (Phi) is 8.87. The smallest absolute Gasteiger partial charge is 0.188 e. The highest BCUT2D eigenvalue weighted by molar-refractivity contribution is 9.10. The van der Waals surface area contributed by atoms with E-state index in [1.165, 1.54) is 5.56 Å². The third kappa shape index (κ3) is 5.92. The summed E-state index contributed by atoms with van der Waals surface area (Å²) >= 11 is 3.59. The minimum atomic E-state index is 0. The number of aromatic nitrogens is 2. The van der Waals surface area contributed by atoms with E-state index < -0.39 is 0 Å². The van der Waals surface area contributed by atoms with Crippen LogP contribution in [0.15, 0.2) is 40.9 Å². The molecule has 1 aliphatic heterocycles. The summed E-state index contributed by atoms with van der Waals surface area (Å²) < 4.78 is 6.76. The highest BCUT2D eigenvalue weighted by atomic mass is 79.9. The van der Waals surface area contributed by atoms with Gasteiger partial charge in [0.05, 0.1) is 25.9 Å². The van der Waals surface area contributed by atoms with Crippen molar-refractivity contribution in [1.82, 2.24) is 10.2 Å². The van der Waals surface area contributed by atoms with Gasteiger partial charge in [-0.3, -0.25) is 0 Å². The van der Waals surface area contributed by atoms with Crippen molar-refractivity contribution in [2.45, 2.75) is 32.4 Å². The summed E-state index contributed by atoms with van der Waals surface area (Å²) in [6.45, 7) is 12.1. The zero-order valence-corrected chi connectivity index (χ0v) is 20.8. The van der Waals surface area contributed by atoms with Crippen molar-refractivity contribution in [1.29, 1.82) is 0 Å². The van der Waals surface area contributed by atoms with Crippen LogP contribution in [0.25, 0.3) is 15.6 Å². The number of anilines is 2. The van der Waals surface area contributed by atoms with Crippen LogP contribution in [0.3, 0.4) is 0 Å². The Hall–Kier alpha value is -2.44. The third-order valence-electron chi connectivity index (χ3n) is 5.76. The molecule has 3 aromatic rings. The number of ether oxygens (including phenoxy) is 1. The van der Waals surface area contributed by atoms with Gasteiger partial charge in [0.2, 0.25) is 0 Å². The topological polar surface area (TPSA) is 74.9 Å². The molecule has 9 heteroatoms. The average Bonchev–Trinajstić information content (AvgIpc) is 2.83. The average molecular weight is 533 g/mol. The number of fused-ring (bicyclic) bond motifs is 1. The van der Waals surface area contributed by atoms with Gasteiger partial charge in [-0.15, -0.1) is 22.6 Å². The van der Waals surface area contributed by atoms with Crippen LogP contribution in [-0.2, 0) is 11.3 Å². The van der Waals surface area contributed by atoms with Gasteiger partial charge in [-0.2, -0.15) is 0 Å². The van der Waals surface area contributed by atoms with Crippen molar-refractivity contribution in [2.75, 3.05) is 36.5 Å². The van der Waals surface area contributed by atoms with E-state index in [0.29, 0.717) is 24.7 Å². The van der Waals surface area contributed by atoms with Crippen molar-refractivity contribution in [3.63, 3.8) is 0 Å². The molecule has 4 rings (SSSR count). The summed E-state index contributed by atoms with van der Waals surface area (Å²) in [6.07, 6.45) is 1.93. The van der Waals surface area contributed by atoms with E-state index in [1.807, 2.05) is 18.2 Å². The van der Waals surface area contributed by atoms with Crippen LogP contribution in [0, 0.1) is 13.5 Å². The first kappa shape index (κ1) is 25.2. The Morgan fingerprint density at radius 3 is 2.67 bits per heavy atom. The molecule has 2 heterocycles. The van der Waals surface area contributed by atoms with Crippen molar-refractivity contribution in [3.05, 3.63) is 63.4 Å². The Morgan fingerprint density at radius 2 is 1.97 bits per heavy atom. The van der Waals surface area contributed by atoms with Gasteiger partial charge in [0.25, 0.3) is 0 Å². The first-order chi connectivity index (χ1) is 15.6. The van der Waals surface area contributed by atoms with E-state index in [-0.39, 0.29) is 25.1 Å². The summed E-state index contributed by atoms with van der Waals surface area (Å²) in [5.74, 6) is 1.51. The largest absolute Gasteiger partial charge is 0.394 e. The lowest BCUT2D eigenvalue weighted by Crippen LogP contribution is -2.38. The Balaban J connectivity index is 0.00000306. The number of rotatable bonds is 7. The molecule has 2 N–H and O–H groups in total. The molecule has 0 atom stereocenters. The second-order valence-corrected chi connectivity index (χ2v) is 8.79. The van der Waals surface area contributed by atoms with Crippen LogP contribution in [0.5, 0.6) is 0 Å². The van der Waals surface area contributed by atoms with Gasteiger partial charge < -0.3 is 20.1 Å². The molecule has 2 aromatic carbocycles. The zero-order valence-electron chi connectivity index (χ0n) is 18.4. The van der Waals surface area contributed by atoms with Gasteiger partial charge in [-0.25, -0.2) is 4.85 Å². The third-order valence-corrected chi connectivity index (χ3v) is 6.61. The minimum Gasteiger partial charge on any atom is -0.394 e. The number of benzene rings is 2. The predicted molar refractivity (Wildman–Crippen MR) is 138 cm³/mol. The molecule has 1 saturated heterocycles. The van der Waals surface area contributed by atoms with E-state index in [0.717, 1.165) is 52.6 Å². The molecule has 0 spiro atoms. The number of nitrogens with zero attached hydrogens (tertiary/aromatic N) is 4. The predicted octanol–water partition coefficient (Wildman–Crippen LogP) is 5.26. The number of aliphatic hydroxyl groups excluding tert-OH is 1. The summed E-state index contributed by atoms with van der Waals surface area (Å²) in [7, 11) is 0. The maximum absolute atomic E-state index is 8.97. The first-order valence-electron chi connectivity index (χ1n) is 10.7. The van der Waals surface area contributed by atoms with Crippen molar-refractivity contribution in [3.8, 4) is 0 Å². The van der Waals surface area contributed by atoms with Crippen LogP contribution in [-0.4, -0.2) is 47.7 Å². The molecule has 1 fully saturated rings. The molecule has 33 heavy (non-hydrogen) atoms. The zero-order chi connectivity index (χ0) is 22.5. The highest BCUT2D eigenvalue weighted by Gasteiger charge is 2.23. The van der Waals surface area contributed by atoms with Gasteiger partial charge in [0.15, 0.2) is 17.3 Å².